The molecule has 8 nitrogen and oxygen atoms in total. The van der Waals surface area contributed by atoms with Gasteiger partial charge in [0, 0.05) is 37.2 Å². The number of amides is 1. The third-order valence-electron chi connectivity index (χ3n) is 6.41. The fraction of sp³-hybridized carbons (Fsp3) is 0.500. The second kappa shape index (κ2) is 9.69. The molecule has 2 aromatic rings. The van der Waals surface area contributed by atoms with Crippen LogP contribution in [0.5, 0.6) is 0 Å². The molecule has 33 heavy (non-hydrogen) atoms. The molecule has 1 unspecified atom stereocenters. The van der Waals surface area contributed by atoms with Crippen molar-refractivity contribution in [3.63, 3.8) is 0 Å². The Morgan fingerprint density at radius 1 is 1.15 bits per heavy atom. The lowest BCUT2D eigenvalue weighted by Crippen LogP contribution is -2.44. The van der Waals surface area contributed by atoms with Crippen LogP contribution in [0.3, 0.4) is 0 Å². The van der Waals surface area contributed by atoms with Gasteiger partial charge in [0.15, 0.2) is 0 Å². The number of carbonyl (C=O) groups is 2. The zero-order valence-electron chi connectivity index (χ0n) is 20.2. The number of aryl methyl sites for hydroxylation is 2. The van der Waals surface area contributed by atoms with Crippen molar-refractivity contribution in [2.75, 3.05) is 25.0 Å². The van der Waals surface area contributed by atoms with Crippen LogP contribution in [-0.4, -0.2) is 48.9 Å². The number of esters is 1. The van der Waals surface area contributed by atoms with Gasteiger partial charge in [-0.25, -0.2) is 13.2 Å². The molecular formula is C24H33N3O5S. The summed E-state index contributed by atoms with van der Waals surface area (Å²) in [7, 11) is -2.29. The van der Waals surface area contributed by atoms with Crippen molar-refractivity contribution in [3.8, 4) is 0 Å². The highest BCUT2D eigenvalue weighted by Gasteiger charge is 2.39. The van der Waals surface area contributed by atoms with Gasteiger partial charge >= 0.3 is 5.97 Å². The van der Waals surface area contributed by atoms with Crippen LogP contribution in [0.25, 0.3) is 0 Å². The number of nitrogens with one attached hydrogen (secondary N) is 1. The minimum atomic E-state index is -4.01. The van der Waals surface area contributed by atoms with E-state index in [-0.39, 0.29) is 29.5 Å². The van der Waals surface area contributed by atoms with E-state index in [0.717, 1.165) is 16.8 Å². The number of sulfonamides is 1. The summed E-state index contributed by atoms with van der Waals surface area (Å²) in [5.41, 5.74) is 3.79. The number of aromatic nitrogens is 1. The number of benzene rings is 1. The highest BCUT2D eigenvalue weighted by atomic mass is 32.2. The van der Waals surface area contributed by atoms with E-state index in [0.29, 0.717) is 30.8 Å². The van der Waals surface area contributed by atoms with Gasteiger partial charge in [0.25, 0.3) is 0 Å². The number of piperidine rings is 1. The summed E-state index contributed by atoms with van der Waals surface area (Å²) < 4.78 is 35.6. The summed E-state index contributed by atoms with van der Waals surface area (Å²) in [4.78, 5) is 25.6. The quantitative estimate of drug-likeness (QED) is 0.645. The Balaban J connectivity index is 1.89. The van der Waals surface area contributed by atoms with E-state index in [4.69, 9.17) is 4.74 Å². The Bertz CT molecular complexity index is 1180. The standard InChI is InChI=1S/C24H33N3O5S/c1-7-32-24(29)21-17(4)26(6)18(5)22(21)33(30,31)27-12-8-9-19(14-27)23(28)25-20-13-15(2)10-11-16(20)3/h10-11,13,19H,7-9,12,14H2,1-6H3,(H,25,28). The normalized spacial score (nSPS) is 17.1. The summed E-state index contributed by atoms with van der Waals surface area (Å²) in [6.45, 7) is 9.45. The van der Waals surface area contributed by atoms with Gasteiger partial charge in [0.1, 0.15) is 10.5 Å². The molecule has 0 radical (unpaired) electrons. The van der Waals surface area contributed by atoms with Crippen LogP contribution >= 0.6 is 0 Å². The Kier molecular flexibility index (Phi) is 7.33. The third-order valence-corrected chi connectivity index (χ3v) is 8.43. The van der Waals surface area contributed by atoms with Gasteiger partial charge in [0.2, 0.25) is 15.9 Å². The number of anilines is 1. The molecule has 1 amide bonds. The van der Waals surface area contributed by atoms with E-state index in [1.165, 1.54) is 4.31 Å². The molecule has 3 rings (SSSR count). The van der Waals surface area contributed by atoms with Gasteiger partial charge in [0.05, 0.1) is 12.5 Å². The molecule has 1 atom stereocenters. The molecule has 9 heteroatoms. The molecule has 1 aliphatic rings. The maximum atomic E-state index is 13.7. The molecule has 0 spiro atoms. The van der Waals surface area contributed by atoms with Crippen LogP contribution in [0.15, 0.2) is 23.1 Å². The van der Waals surface area contributed by atoms with Crippen LogP contribution in [0.4, 0.5) is 5.69 Å². The van der Waals surface area contributed by atoms with Crippen LogP contribution in [0.1, 0.15) is 52.6 Å². The fourth-order valence-electron chi connectivity index (χ4n) is 4.29. The molecular weight excluding hydrogens is 442 g/mol. The monoisotopic (exact) mass is 475 g/mol. The summed E-state index contributed by atoms with van der Waals surface area (Å²) in [6.07, 6.45) is 1.16. The molecule has 1 saturated heterocycles. The SMILES string of the molecule is CCOC(=O)c1c(S(=O)(=O)N2CCCC(C(=O)Nc3cc(C)ccc3C)C2)c(C)n(C)c1C. The van der Waals surface area contributed by atoms with E-state index in [2.05, 4.69) is 5.32 Å². The maximum absolute atomic E-state index is 13.7. The predicted octanol–water partition coefficient (Wildman–Crippen LogP) is 3.47. The number of hydrogen-bond acceptors (Lipinski definition) is 5. The topological polar surface area (TPSA) is 97.7 Å². The van der Waals surface area contributed by atoms with E-state index < -0.39 is 21.9 Å². The lowest BCUT2D eigenvalue weighted by molar-refractivity contribution is -0.120. The molecule has 1 aromatic carbocycles. The summed E-state index contributed by atoms with van der Waals surface area (Å²) in [5.74, 6) is -1.33. The first-order valence-electron chi connectivity index (χ1n) is 11.2. The van der Waals surface area contributed by atoms with Crippen molar-refractivity contribution in [1.82, 2.24) is 8.87 Å². The molecule has 1 aromatic heterocycles. The lowest BCUT2D eigenvalue weighted by Gasteiger charge is -2.31. The molecule has 1 aliphatic heterocycles. The minimum Gasteiger partial charge on any atom is -0.462 e. The number of ether oxygens (including phenoxy) is 1. The van der Waals surface area contributed by atoms with Crippen molar-refractivity contribution in [2.45, 2.75) is 52.4 Å². The highest BCUT2D eigenvalue weighted by Crippen LogP contribution is 2.32. The van der Waals surface area contributed by atoms with Crippen molar-refractivity contribution >= 4 is 27.6 Å². The molecule has 0 aliphatic carbocycles. The predicted molar refractivity (Wildman–Crippen MR) is 127 cm³/mol. The first-order chi connectivity index (χ1) is 15.5. The van der Waals surface area contributed by atoms with Crippen LogP contribution in [0, 0.1) is 33.6 Å². The molecule has 0 bridgehead atoms. The smallest absolute Gasteiger partial charge is 0.341 e. The first-order valence-corrected chi connectivity index (χ1v) is 12.6. The second-order valence-corrected chi connectivity index (χ2v) is 10.5. The van der Waals surface area contributed by atoms with Gasteiger partial charge in [-0.3, -0.25) is 4.79 Å². The molecule has 0 saturated carbocycles. The molecule has 2 heterocycles. The number of hydrogen-bond donors (Lipinski definition) is 1. The van der Waals surface area contributed by atoms with E-state index in [1.807, 2.05) is 32.0 Å². The highest BCUT2D eigenvalue weighted by molar-refractivity contribution is 7.89. The number of nitrogens with zero attached hydrogens (tertiary/aromatic N) is 2. The van der Waals surface area contributed by atoms with Crippen LogP contribution in [-0.2, 0) is 26.6 Å². The number of rotatable bonds is 6. The molecule has 1 N–H and O–H groups in total. The summed E-state index contributed by atoms with van der Waals surface area (Å²) >= 11 is 0. The van der Waals surface area contributed by atoms with Crippen LogP contribution in [0.2, 0.25) is 0 Å². The van der Waals surface area contributed by atoms with Crippen molar-refractivity contribution in [2.24, 2.45) is 13.0 Å². The van der Waals surface area contributed by atoms with Crippen molar-refractivity contribution in [1.29, 1.82) is 0 Å². The Labute approximate surface area is 196 Å². The molecule has 1 fully saturated rings. The van der Waals surface area contributed by atoms with Crippen molar-refractivity contribution < 1.29 is 22.7 Å². The zero-order chi connectivity index (χ0) is 24.5. The van der Waals surface area contributed by atoms with Gasteiger partial charge in [-0.1, -0.05) is 12.1 Å². The van der Waals surface area contributed by atoms with Gasteiger partial charge in [-0.05, 0) is 64.7 Å². The first kappa shape index (κ1) is 25.0. The molecule has 180 valence electrons. The van der Waals surface area contributed by atoms with E-state index in [9.17, 15) is 18.0 Å². The van der Waals surface area contributed by atoms with Gasteiger partial charge in [-0.15, -0.1) is 0 Å². The number of carbonyl (C=O) groups excluding carboxylic acids is 2. The second-order valence-electron chi connectivity index (χ2n) is 8.66. The largest absolute Gasteiger partial charge is 0.462 e. The Morgan fingerprint density at radius 3 is 2.52 bits per heavy atom. The average molecular weight is 476 g/mol. The fourth-order valence-corrected chi connectivity index (χ4v) is 6.29. The Hall–Kier alpha value is -2.65. The van der Waals surface area contributed by atoms with E-state index >= 15 is 0 Å². The lowest BCUT2D eigenvalue weighted by atomic mass is 9.98. The van der Waals surface area contributed by atoms with Gasteiger partial charge in [-0.2, -0.15) is 4.31 Å². The Morgan fingerprint density at radius 2 is 1.85 bits per heavy atom. The summed E-state index contributed by atoms with van der Waals surface area (Å²) in [6, 6.07) is 5.83. The third kappa shape index (κ3) is 4.84. The van der Waals surface area contributed by atoms with Crippen molar-refractivity contribution in [3.05, 3.63) is 46.3 Å². The summed E-state index contributed by atoms with van der Waals surface area (Å²) in [5, 5.41) is 2.96. The average Bonchev–Trinajstić information content (AvgIpc) is 3.01. The zero-order valence-corrected chi connectivity index (χ0v) is 21.0. The van der Waals surface area contributed by atoms with Gasteiger partial charge < -0.3 is 14.6 Å². The van der Waals surface area contributed by atoms with E-state index in [1.54, 1.807) is 32.4 Å². The minimum absolute atomic E-state index is 0.0310. The van der Waals surface area contributed by atoms with Crippen LogP contribution < -0.4 is 5.32 Å². The maximum Gasteiger partial charge on any atom is 0.341 e.